The van der Waals surface area contributed by atoms with Gasteiger partial charge in [0.2, 0.25) is 0 Å². The molecule has 3 N–H and O–H groups in total. The number of hydrogen-bond donors (Lipinski definition) is 3. The standard InChI is InChI=1S/C11H23N3O5S/c1-4-14(2)7-6-12-11(17)13-9(10(15)16)5-8-20(3,18)19/h9H,4-8H2,1-3H3,(H,15,16)(H2,12,13,17). The van der Waals surface area contributed by atoms with Gasteiger partial charge < -0.3 is 20.6 Å². The minimum atomic E-state index is -3.26. The second kappa shape index (κ2) is 8.75. The molecule has 0 fully saturated rings. The van der Waals surface area contributed by atoms with E-state index in [-0.39, 0.29) is 12.2 Å². The molecule has 0 aromatic rings. The Kier molecular flexibility index (Phi) is 8.16. The van der Waals surface area contributed by atoms with Crippen molar-refractivity contribution in [1.29, 1.82) is 0 Å². The van der Waals surface area contributed by atoms with Crippen LogP contribution in [0.1, 0.15) is 13.3 Å². The van der Waals surface area contributed by atoms with E-state index in [1.807, 2.05) is 18.9 Å². The molecule has 0 aromatic heterocycles. The van der Waals surface area contributed by atoms with Crippen LogP contribution in [-0.4, -0.2) is 75.2 Å². The topological polar surface area (TPSA) is 116 Å². The molecule has 0 heterocycles. The summed E-state index contributed by atoms with van der Waals surface area (Å²) in [6.45, 7) is 3.85. The van der Waals surface area contributed by atoms with Crippen LogP contribution in [0.4, 0.5) is 4.79 Å². The van der Waals surface area contributed by atoms with Crippen molar-refractivity contribution in [1.82, 2.24) is 15.5 Å². The zero-order chi connectivity index (χ0) is 15.8. The summed E-state index contributed by atoms with van der Waals surface area (Å²) in [4.78, 5) is 24.4. The lowest BCUT2D eigenvalue weighted by Gasteiger charge is -2.17. The Balaban J connectivity index is 4.18. The highest BCUT2D eigenvalue weighted by Gasteiger charge is 2.21. The Morgan fingerprint density at radius 2 is 1.95 bits per heavy atom. The number of carboxylic acids is 1. The van der Waals surface area contributed by atoms with Crippen molar-refractivity contribution in [2.24, 2.45) is 0 Å². The number of rotatable bonds is 9. The van der Waals surface area contributed by atoms with Gasteiger partial charge in [0.25, 0.3) is 0 Å². The molecule has 0 aliphatic carbocycles. The summed E-state index contributed by atoms with van der Waals surface area (Å²) in [5.74, 6) is -1.54. The van der Waals surface area contributed by atoms with E-state index in [4.69, 9.17) is 5.11 Å². The molecule has 8 nitrogen and oxygen atoms in total. The van der Waals surface area contributed by atoms with E-state index in [0.29, 0.717) is 13.1 Å². The van der Waals surface area contributed by atoms with Crippen molar-refractivity contribution < 1.29 is 23.1 Å². The number of aliphatic carboxylic acids is 1. The number of hydrogen-bond acceptors (Lipinski definition) is 5. The first-order valence-electron chi connectivity index (χ1n) is 6.29. The fraction of sp³-hybridized carbons (Fsp3) is 0.818. The highest BCUT2D eigenvalue weighted by atomic mass is 32.2. The van der Waals surface area contributed by atoms with Crippen LogP contribution >= 0.6 is 0 Å². The zero-order valence-electron chi connectivity index (χ0n) is 12.0. The molecule has 1 atom stereocenters. The third kappa shape index (κ3) is 9.56. The van der Waals surface area contributed by atoms with Crippen molar-refractivity contribution in [3.8, 4) is 0 Å². The average Bonchev–Trinajstić information content (AvgIpc) is 2.32. The van der Waals surface area contributed by atoms with Gasteiger partial charge in [0.1, 0.15) is 15.9 Å². The van der Waals surface area contributed by atoms with Crippen LogP contribution in [0.3, 0.4) is 0 Å². The van der Waals surface area contributed by atoms with Crippen LogP contribution in [0.5, 0.6) is 0 Å². The van der Waals surface area contributed by atoms with Crippen LogP contribution in [0.2, 0.25) is 0 Å². The number of carboxylic acid groups (broad SMARTS) is 1. The van der Waals surface area contributed by atoms with Gasteiger partial charge >= 0.3 is 12.0 Å². The maximum atomic E-state index is 11.5. The second-order valence-electron chi connectivity index (χ2n) is 4.61. The summed E-state index contributed by atoms with van der Waals surface area (Å²) in [6.07, 6.45) is 0.864. The molecule has 0 aromatic carbocycles. The van der Waals surface area contributed by atoms with Gasteiger partial charge in [-0.2, -0.15) is 0 Å². The SMILES string of the molecule is CCN(C)CCNC(=O)NC(CCS(C)(=O)=O)C(=O)O. The molecule has 0 spiro atoms. The summed E-state index contributed by atoms with van der Waals surface area (Å²) in [5.41, 5.74) is 0. The molecular weight excluding hydrogens is 286 g/mol. The Bertz CT molecular complexity index is 424. The largest absolute Gasteiger partial charge is 0.480 e. The smallest absolute Gasteiger partial charge is 0.326 e. The van der Waals surface area contributed by atoms with Gasteiger partial charge in [-0.05, 0) is 20.0 Å². The minimum Gasteiger partial charge on any atom is -0.480 e. The number of amides is 2. The van der Waals surface area contributed by atoms with Crippen molar-refractivity contribution in [3.05, 3.63) is 0 Å². The molecular formula is C11H23N3O5S. The van der Waals surface area contributed by atoms with Crippen LogP contribution < -0.4 is 10.6 Å². The molecule has 118 valence electrons. The van der Waals surface area contributed by atoms with E-state index in [0.717, 1.165) is 12.8 Å². The summed E-state index contributed by atoms with van der Waals surface area (Å²) < 4.78 is 22.0. The molecule has 20 heavy (non-hydrogen) atoms. The molecule has 0 saturated carbocycles. The van der Waals surface area contributed by atoms with Gasteiger partial charge in [-0.15, -0.1) is 0 Å². The van der Waals surface area contributed by atoms with Gasteiger partial charge in [-0.25, -0.2) is 18.0 Å². The predicted molar refractivity (Wildman–Crippen MR) is 75.5 cm³/mol. The zero-order valence-corrected chi connectivity index (χ0v) is 12.9. The molecule has 1 unspecified atom stereocenters. The quantitative estimate of drug-likeness (QED) is 0.509. The average molecular weight is 309 g/mol. The molecule has 0 bridgehead atoms. The molecule has 0 saturated heterocycles. The normalized spacial score (nSPS) is 13.0. The Hall–Kier alpha value is -1.35. The lowest BCUT2D eigenvalue weighted by molar-refractivity contribution is -0.139. The van der Waals surface area contributed by atoms with Crippen LogP contribution in [0.25, 0.3) is 0 Å². The maximum absolute atomic E-state index is 11.5. The Morgan fingerprint density at radius 1 is 1.35 bits per heavy atom. The van der Waals surface area contributed by atoms with Gasteiger partial charge in [-0.3, -0.25) is 0 Å². The molecule has 2 amide bonds. The number of nitrogens with zero attached hydrogens (tertiary/aromatic N) is 1. The van der Waals surface area contributed by atoms with E-state index >= 15 is 0 Å². The Morgan fingerprint density at radius 3 is 2.40 bits per heavy atom. The van der Waals surface area contributed by atoms with Crippen LogP contribution in [0.15, 0.2) is 0 Å². The second-order valence-corrected chi connectivity index (χ2v) is 6.87. The van der Waals surface area contributed by atoms with E-state index in [2.05, 4.69) is 10.6 Å². The fourth-order valence-electron chi connectivity index (χ4n) is 1.32. The van der Waals surface area contributed by atoms with E-state index in [1.165, 1.54) is 0 Å². The lowest BCUT2D eigenvalue weighted by Crippen LogP contribution is -2.48. The fourth-order valence-corrected chi connectivity index (χ4v) is 1.98. The highest BCUT2D eigenvalue weighted by molar-refractivity contribution is 7.90. The van der Waals surface area contributed by atoms with E-state index in [9.17, 15) is 18.0 Å². The third-order valence-electron chi connectivity index (χ3n) is 2.70. The van der Waals surface area contributed by atoms with Crippen molar-refractivity contribution in [2.45, 2.75) is 19.4 Å². The number of nitrogens with one attached hydrogen (secondary N) is 2. The summed E-state index contributed by atoms with van der Waals surface area (Å²) in [7, 11) is -1.37. The molecule has 0 aliphatic heterocycles. The minimum absolute atomic E-state index is 0.156. The maximum Gasteiger partial charge on any atom is 0.326 e. The van der Waals surface area contributed by atoms with Crippen LogP contribution in [0, 0.1) is 0 Å². The third-order valence-corrected chi connectivity index (χ3v) is 3.68. The molecule has 0 rings (SSSR count). The monoisotopic (exact) mass is 309 g/mol. The summed E-state index contributed by atoms with van der Waals surface area (Å²) in [6, 6.07) is -1.83. The van der Waals surface area contributed by atoms with Gasteiger partial charge in [0, 0.05) is 19.3 Å². The van der Waals surface area contributed by atoms with Crippen molar-refractivity contribution in [2.75, 3.05) is 38.7 Å². The molecule has 0 aliphatic rings. The first kappa shape index (κ1) is 18.7. The number of likely N-dealkylation sites (N-methyl/N-ethyl adjacent to an activating group) is 1. The van der Waals surface area contributed by atoms with Crippen LogP contribution in [-0.2, 0) is 14.6 Å². The highest BCUT2D eigenvalue weighted by Crippen LogP contribution is 1.97. The van der Waals surface area contributed by atoms with E-state index < -0.39 is 27.9 Å². The number of sulfone groups is 1. The van der Waals surface area contributed by atoms with Crippen molar-refractivity contribution in [3.63, 3.8) is 0 Å². The first-order chi connectivity index (χ1) is 9.15. The van der Waals surface area contributed by atoms with Gasteiger partial charge in [-0.1, -0.05) is 6.92 Å². The summed E-state index contributed by atoms with van der Waals surface area (Å²) in [5, 5.41) is 13.7. The first-order valence-corrected chi connectivity index (χ1v) is 8.35. The lowest BCUT2D eigenvalue weighted by atomic mass is 10.2. The summed E-state index contributed by atoms with van der Waals surface area (Å²) >= 11 is 0. The van der Waals surface area contributed by atoms with E-state index in [1.54, 1.807) is 0 Å². The number of carbonyl (C=O) groups is 2. The predicted octanol–water partition coefficient (Wildman–Crippen LogP) is -0.875. The van der Waals surface area contributed by atoms with Gasteiger partial charge in [0.15, 0.2) is 0 Å². The van der Waals surface area contributed by atoms with Crippen molar-refractivity contribution >= 4 is 21.8 Å². The van der Waals surface area contributed by atoms with Gasteiger partial charge in [0.05, 0.1) is 5.75 Å². The molecule has 9 heteroatoms. The Labute approximate surface area is 119 Å². The number of urea groups is 1. The molecule has 0 radical (unpaired) electrons. The number of carbonyl (C=O) groups excluding carboxylic acids is 1.